The van der Waals surface area contributed by atoms with Gasteiger partial charge in [-0.3, -0.25) is 10.1 Å². The van der Waals surface area contributed by atoms with Crippen molar-refractivity contribution in [3.8, 4) is 5.75 Å². The zero-order valence-electron chi connectivity index (χ0n) is 9.63. The van der Waals surface area contributed by atoms with Crippen molar-refractivity contribution in [2.45, 2.75) is 12.5 Å². The first-order chi connectivity index (χ1) is 8.67. The fraction of sp³-hybridized carbons (Fsp3) is 0.455. The van der Waals surface area contributed by atoms with Gasteiger partial charge in [-0.25, -0.2) is 0 Å². The third-order valence-corrected chi connectivity index (χ3v) is 2.82. The van der Waals surface area contributed by atoms with Crippen molar-refractivity contribution in [1.82, 2.24) is 0 Å². The SMILES string of the molecule is O=[N+]([O-])c1ccc(OC(CO)CO)c2c1NCC2. The Morgan fingerprint density at radius 3 is 2.78 bits per heavy atom. The molecule has 1 aromatic carbocycles. The highest BCUT2D eigenvalue weighted by molar-refractivity contribution is 5.72. The predicted octanol–water partition coefficient (Wildman–Crippen LogP) is 0.295. The number of ether oxygens (including phenoxy) is 1. The number of rotatable bonds is 5. The number of aliphatic hydroxyl groups excluding tert-OH is 2. The van der Waals surface area contributed by atoms with Crippen LogP contribution in [0.5, 0.6) is 5.75 Å². The molecule has 0 amide bonds. The minimum atomic E-state index is -0.712. The number of aliphatic hydroxyl groups is 2. The van der Waals surface area contributed by atoms with E-state index in [1.807, 2.05) is 0 Å². The Balaban J connectivity index is 2.34. The topological polar surface area (TPSA) is 105 Å². The first-order valence-electron chi connectivity index (χ1n) is 5.60. The summed E-state index contributed by atoms with van der Waals surface area (Å²) < 4.78 is 5.43. The third-order valence-electron chi connectivity index (χ3n) is 2.82. The number of fused-ring (bicyclic) bond motifs is 1. The van der Waals surface area contributed by atoms with E-state index >= 15 is 0 Å². The van der Waals surface area contributed by atoms with Crippen LogP contribution in [0, 0.1) is 10.1 Å². The lowest BCUT2D eigenvalue weighted by atomic mass is 10.1. The van der Waals surface area contributed by atoms with Gasteiger partial charge in [0.15, 0.2) is 0 Å². The average Bonchev–Trinajstić information content (AvgIpc) is 2.84. The second-order valence-corrected chi connectivity index (χ2v) is 3.98. The van der Waals surface area contributed by atoms with Gasteiger partial charge in [-0.15, -0.1) is 0 Å². The number of nitrogens with zero attached hydrogens (tertiary/aromatic N) is 1. The second kappa shape index (κ2) is 5.19. The van der Waals surface area contributed by atoms with Crippen LogP contribution in [0.1, 0.15) is 5.56 Å². The summed E-state index contributed by atoms with van der Waals surface area (Å²) in [6.07, 6.45) is -0.0909. The summed E-state index contributed by atoms with van der Waals surface area (Å²) in [5, 5.41) is 31.7. The number of nitrogens with one attached hydrogen (secondary N) is 1. The Bertz CT molecular complexity index is 459. The highest BCUT2D eigenvalue weighted by Crippen LogP contribution is 2.38. The molecule has 2 rings (SSSR count). The molecule has 0 spiro atoms. The van der Waals surface area contributed by atoms with Crippen LogP contribution in [0.3, 0.4) is 0 Å². The quantitative estimate of drug-likeness (QED) is 0.515. The molecule has 0 bridgehead atoms. The van der Waals surface area contributed by atoms with Crippen molar-refractivity contribution in [2.24, 2.45) is 0 Å². The number of hydrogen-bond acceptors (Lipinski definition) is 6. The Morgan fingerprint density at radius 1 is 1.44 bits per heavy atom. The lowest BCUT2D eigenvalue weighted by molar-refractivity contribution is -0.384. The smallest absolute Gasteiger partial charge is 0.292 e. The molecule has 0 aromatic heterocycles. The number of hydrogen-bond donors (Lipinski definition) is 3. The third kappa shape index (κ3) is 2.22. The molecule has 7 nitrogen and oxygen atoms in total. The number of nitro groups is 1. The molecule has 0 saturated heterocycles. The van der Waals surface area contributed by atoms with Crippen LogP contribution < -0.4 is 10.1 Å². The van der Waals surface area contributed by atoms with E-state index in [0.717, 1.165) is 5.56 Å². The van der Waals surface area contributed by atoms with Gasteiger partial charge in [-0.2, -0.15) is 0 Å². The highest BCUT2D eigenvalue weighted by Gasteiger charge is 2.26. The molecule has 0 unspecified atom stereocenters. The van der Waals surface area contributed by atoms with Gasteiger partial charge in [-0.05, 0) is 12.5 Å². The lowest BCUT2D eigenvalue weighted by Crippen LogP contribution is -2.25. The zero-order valence-corrected chi connectivity index (χ0v) is 9.63. The first-order valence-corrected chi connectivity index (χ1v) is 5.60. The molecular weight excluding hydrogens is 240 g/mol. The van der Waals surface area contributed by atoms with Crippen LogP contribution in [0.15, 0.2) is 12.1 Å². The fourth-order valence-corrected chi connectivity index (χ4v) is 1.95. The standard InChI is InChI=1S/C11H14N2O5/c14-5-7(6-15)18-10-2-1-9(13(16)17)11-8(10)3-4-12-11/h1-2,7,12,14-15H,3-6H2. The van der Waals surface area contributed by atoms with E-state index < -0.39 is 11.0 Å². The summed E-state index contributed by atoms with van der Waals surface area (Å²) in [6, 6.07) is 2.86. The van der Waals surface area contributed by atoms with Gasteiger partial charge < -0.3 is 20.3 Å². The van der Waals surface area contributed by atoms with Gasteiger partial charge in [0.2, 0.25) is 0 Å². The average molecular weight is 254 g/mol. The maximum Gasteiger partial charge on any atom is 0.292 e. The molecule has 1 aromatic rings. The molecule has 7 heteroatoms. The van der Waals surface area contributed by atoms with Crippen LogP contribution in [-0.4, -0.2) is 41.0 Å². The monoisotopic (exact) mass is 254 g/mol. The van der Waals surface area contributed by atoms with Gasteiger partial charge in [0.1, 0.15) is 17.5 Å². The van der Waals surface area contributed by atoms with Gasteiger partial charge in [0, 0.05) is 18.2 Å². The molecule has 1 heterocycles. The number of anilines is 1. The van der Waals surface area contributed by atoms with Gasteiger partial charge in [-0.1, -0.05) is 0 Å². The summed E-state index contributed by atoms with van der Waals surface area (Å²) in [5.74, 6) is 0.466. The largest absolute Gasteiger partial charge is 0.485 e. The first kappa shape index (κ1) is 12.6. The van der Waals surface area contributed by atoms with Crippen LogP contribution >= 0.6 is 0 Å². The molecule has 0 aliphatic carbocycles. The molecule has 0 saturated carbocycles. The molecule has 1 aliphatic heterocycles. The van der Waals surface area contributed by atoms with Crippen molar-refractivity contribution in [2.75, 3.05) is 25.1 Å². The summed E-state index contributed by atoms with van der Waals surface area (Å²) in [5.41, 5.74) is 1.20. The Labute approximate surface area is 103 Å². The Morgan fingerprint density at radius 2 is 2.17 bits per heavy atom. The van der Waals surface area contributed by atoms with Gasteiger partial charge >= 0.3 is 0 Å². The minimum absolute atomic E-state index is 0.0133. The molecule has 18 heavy (non-hydrogen) atoms. The van der Waals surface area contributed by atoms with E-state index in [9.17, 15) is 10.1 Å². The molecule has 0 fully saturated rings. The molecular formula is C11H14N2O5. The highest BCUT2D eigenvalue weighted by atomic mass is 16.6. The van der Waals surface area contributed by atoms with Crippen molar-refractivity contribution in [1.29, 1.82) is 0 Å². The molecule has 1 aliphatic rings. The normalized spacial score (nSPS) is 13.3. The van der Waals surface area contributed by atoms with E-state index in [2.05, 4.69) is 5.32 Å². The Hall–Kier alpha value is -1.86. The number of benzene rings is 1. The van der Waals surface area contributed by atoms with Crippen LogP contribution in [-0.2, 0) is 6.42 Å². The van der Waals surface area contributed by atoms with Gasteiger partial charge in [0.25, 0.3) is 5.69 Å². The fourth-order valence-electron chi connectivity index (χ4n) is 1.95. The summed E-state index contributed by atoms with van der Waals surface area (Å²) in [4.78, 5) is 10.4. The van der Waals surface area contributed by atoms with E-state index in [4.69, 9.17) is 14.9 Å². The van der Waals surface area contributed by atoms with Crippen molar-refractivity contribution >= 4 is 11.4 Å². The minimum Gasteiger partial charge on any atom is -0.485 e. The van der Waals surface area contributed by atoms with Crippen LogP contribution in [0.2, 0.25) is 0 Å². The lowest BCUT2D eigenvalue weighted by Gasteiger charge is -2.16. The summed E-state index contributed by atoms with van der Waals surface area (Å²) in [7, 11) is 0. The number of nitro benzene ring substituents is 1. The second-order valence-electron chi connectivity index (χ2n) is 3.98. The molecule has 0 atom stereocenters. The van der Waals surface area contributed by atoms with E-state index in [1.165, 1.54) is 12.1 Å². The summed E-state index contributed by atoms with van der Waals surface area (Å²) >= 11 is 0. The molecule has 3 N–H and O–H groups in total. The van der Waals surface area contributed by atoms with Crippen LogP contribution in [0.25, 0.3) is 0 Å². The van der Waals surface area contributed by atoms with E-state index in [-0.39, 0.29) is 18.9 Å². The maximum atomic E-state index is 10.9. The van der Waals surface area contributed by atoms with Crippen molar-refractivity contribution in [3.05, 3.63) is 27.8 Å². The maximum absolute atomic E-state index is 10.9. The zero-order chi connectivity index (χ0) is 13.1. The molecule has 98 valence electrons. The van der Waals surface area contributed by atoms with Crippen molar-refractivity contribution in [3.63, 3.8) is 0 Å². The predicted molar refractivity (Wildman–Crippen MR) is 63.9 cm³/mol. The molecule has 0 radical (unpaired) electrons. The Kier molecular flexibility index (Phi) is 3.63. The van der Waals surface area contributed by atoms with Gasteiger partial charge in [0.05, 0.1) is 18.1 Å². The van der Waals surface area contributed by atoms with E-state index in [0.29, 0.717) is 24.4 Å². The summed E-state index contributed by atoms with van der Waals surface area (Å²) in [6.45, 7) is -0.00909. The van der Waals surface area contributed by atoms with Crippen molar-refractivity contribution < 1.29 is 19.9 Å². The van der Waals surface area contributed by atoms with Crippen LogP contribution in [0.4, 0.5) is 11.4 Å². The van der Waals surface area contributed by atoms with E-state index in [1.54, 1.807) is 0 Å².